The molecule has 1 aromatic heterocycles. The van der Waals surface area contributed by atoms with Crippen LogP contribution in [0, 0.1) is 0 Å². The molecule has 0 saturated carbocycles. The number of nitrogens with one attached hydrogen (secondary N) is 1. The van der Waals surface area contributed by atoms with Crippen LogP contribution in [0.1, 0.15) is 38.7 Å². The Morgan fingerprint density at radius 1 is 0.861 bits per heavy atom. The molecule has 4 aromatic rings. The second-order valence-corrected chi connectivity index (χ2v) is 9.33. The highest BCUT2D eigenvalue weighted by Gasteiger charge is 2.14. The topological polar surface area (TPSA) is 48.3 Å². The molecule has 3 aromatic carbocycles. The van der Waals surface area contributed by atoms with E-state index in [4.69, 9.17) is 26.1 Å². The third-order valence-electron chi connectivity index (χ3n) is 6.16. The summed E-state index contributed by atoms with van der Waals surface area (Å²) < 4.78 is 14.3. The molecule has 0 amide bonds. The molecule has 0 fully saturated rings. The number of hydrogen-bond acceptors (Lipinski definition) is 4. The molecule has 5 nitrogen and oxygen atoms in total. The number of unbranched alkanes of at least 4 members (excludes halogenated alkanes) is 1. The SMILES string of the molecule is CCCCn1c(-c2ccc(OCCc3ccc(Cl)cc3)cc2)nc2ccc(OCCCNCC)cc21. The fourth-order valence-electron chi connectivity index (χ4n) is 4.16. The highest BCUT2D eigenvalue weighted by molar-refractivity contribution is 6.30. The molecule has 36 heavy (non-hydrogen) atoms. The molecule has 1 N–H and O–H groups in total. The number of hydrogen-bond donors (Lipinski definition) is 1. The molecular formula is C30H36ClN3O2. The number of nitrogens with zero attached hydrogens (tertiary/aromatic N) is 2. The summed E-state index contributed by atoms with van der Waals surface area (Å²) in [5.41, 5.74) is 4.40. The molecule has 0 saturated heterocycles. The first-order valence-corrected chi connectivity index (χ1v) is 13.4. The van der Waals surface area contributed by atoms with Gasteiger partial charge in [0.15, 0.2) is 0 Å². The molecular weight excluding hydrogens is 470 g/mol. The van der Waals surface area contributed by atoms with Crippen LogP contribution in [0.15, 0.2) is 66.7 Å². The Morgan fingerprint density at radius 2 is 1.61 bits per heavy atom. The summed E-state index contributed by atoms with van der Waals surface area (Å²) in [4.78, 5) is 4.98. The number of ether oxygens (including phenoxy) is 2. The van der Waals surface area contributed by atoms with E-state index >= 15 is 0 Å². The van der Waals surface area contributed by atoms with Crippen LogP contribution in [0.25, 0.3) is 22.4 Å². The second kappa shape index (κ2) is 13.3. The van der Waals surface area contributed by atoms with Gasteiger partial charge in [0.25, 0.3) is 0 Å². The smallest absolute Gasteiger partial charge is 0.141 e. The summed E-state index contributed by atoms with van der Waals surface area (Å²) in [6.07, 6.45) is 4.05. The Morgan fingerprint density at radius 3 is 2.36 bits per heavy atom. The van der Waals surface area contributed by atoms with Gasteiger partial charge in [-0.1, -0.05) is 44.0 Å². The van der Waals surface area contributed by atoms with Gasteiger partial charge in [0.1, 0.15) is 17.3 Å². The zero-order valence-corrected chi connectivity index (χ0v) is 22.1. The van der Waals surface area contributed by atoms with Gasteiger partial charge in [0.05, 0.1) is 24.2 Å². The van der Waals surface area contributed by atoms with Crippen LogP contribution in [0.2, 0.25) is 5.02 Å². The molecule has 4 rings (SSSR count). The molecule has 0 atom stereocenters. The maximum absolute atomic E-state index is 6.02. The van der Waals surface area contributed by atoms with Gasteiger partial charge in [-0.25, -0.2) is 4.98 Å². The fourth-order valence-corrected chi connectivity index (χ4v) is 4.28. The minimum atomic E-state index is 0.618. The Kier molecular flexibility index (Phi) is 9.65. The summed E-state index contributed by atoms with van der Waals surface area (Å²) >= 11 is 5.97. The van der Waals surface area contributed by atoms with Crippen LogP contribution in [0.3, 0.4) is 0 Å². The van der Waals surface area contributed by atoms with Gasteiger partial charge < -0.3 is 19.4 Å². The highest BCUT2D eigenvalue weighted by Crippen LogP contribution is 2.29. The zero-order valence-electron chi connectivity index (χ0n) is 21.3. The van der Waals surface area contributed by atoms with Crippen molar-refractivity contribution in [2.24, 2.45) is 0 Å². The van der Waals surface area contributed by atoms with Crippen LogP contribution in [0.4, 0.5) is 0 Å². The molecule has 1 heterocycles. The minimum absolute atomic E-state index is 0.618. The first-order valence-electron chi connectivity index (χ1n) is 13.0. The Balaban J connectivity index is 1.46. The molecule has 0 unspecified atom stereocenters. The molecule has 0 radical (unpaired) electrons. The van der Waals surface area contributed by atoms with Gasteiger partial charge in [-0.2, -0.15) is 0 Å². The summed E-state index contributed by atoms with van der Waals surface area (Å²) in [7, 11) is 0. The number of fused-ring (bicyclic) bond motifs is 1. The molecule has 6 heteroatoms. The van der Waals surface area contributed by atoms with Crippen molar-refractivity contribution in [1.82, 2.24) is 14.9 Å². The Labute approximate surface area is 219 Å². The first kappa shape index (κ1) is 26.1. The van der Waals surface area contributed by atoms with Crippen molar-refractivity contribution < 1.29 is 9.47 Å². The predicted molar refractivity (Wildman–Crippen MR) is 149 cm³/mol. The van der Waals surface area contributed by atoms with E-state index in [2.05, 4.69) is 48.0 Å². The monoisotopic (exact) mass is 505 g/mol. The molecule has 0 aliphatic carbocycles. The van der Waals surface area contributed by atoms with E-state index in [1.54, 1.807) is 0 Å². The minimum Gasteiger partial charge on any atom is -0.493 e. The average Bonchev–Trinajstić information content (AvgIpc) is 3.26. The van der Waals surface area contributed by atoms with E-state index in [-0.39, 0.29) is 0 Å². The fraction of sp³-hybridized carbons (Fsp3) is 0.367. The lowest BCUT2D eigenvalue weighted by molar-refractivity contribution is 0.309. The van der Waals surface area contributed by atoms with E-state index < -0.39 is 0 Å². The molecule has 0 bridgehead atoms. The number of benzene rings is 3. The van der Waals surface area contributed by atoms with Crippen molar-refractivity contribution in [3.8, 4) is 22.9 Å². The van der Waals surface area contributed by atoms with Crippen LogP contribution in [-0.4, -0.2) is 35.9 Å². The van der Waals surface area contributed by atoms with Crippen molar-refractivity contribution in [2.45, 2.75) is 46.1 Å². The van der Waals surface area contributed by atoms with Crippen molar-refractivity contribution in [3.05, 3.63) is 77.3 Å². The number of halogens is 1. The summed E-state index contributed by atoms with van der Waals surface area (Å²) in [5.74, 6) is 2.74. The van der Waals surface area contributed by atoms with Crippen molar-refractivity contribution in [3.63, 3.8) is 0 Å². The Bertz CT molecular complexity index is 1220. The van der Waals surface area contributed by atoms with Crippen LogP contribution < -0.4 is 14.8 Å². The van der Waals surface area contributed by atoms with Gasteiger partial charge in [0.2, 0.25) is 0 Å². The number of rotatable bonds is 14. The predicted octanol–water partition coefficient (Wildman–Crippen LogP) is 7.16. The van der Waals surface area contributed by atoms with Crippen LogP contribution in [0.5, 0.6) is 11.5 Å². The maximum atomic E-state index is 6.02. The number of aryl methyl sites for hydroxylation is 1. The zero-order chi connectivity index (χ0) is 25.2. The van der Waals surface area contributed by atoms with Crippen LogP contribution in [-0.2, 0) is 13.0 Å². The lowest BCUT2D eigenvalue weighted by atomic mass is 10.1. The molecule has 0 aliphatic rings. The van der Waals surface area contributed by atoms with E-state index in [9.17, 15) is 0 Å². The molecule has 0 spiro atoms. The summed E-state index contributed by atoms with van der Waals surface area (Å²) in [5, 5.41) is 4.09. The maximum Gasteiger partial charge on any atom is 0.141 e. The van der Waals surface area contributed by atoms with Gasteiger partial charge in [-0.3, -0.25) is 0 Å². The Hall–Kier alpha value is -3.02. The average molecular weight is 506 g/mol. The highest BCUT2D eigenvalue weighted by atomic mass is 35.5. The molecule has 0 aliphatic heterocycles. The third-order valence-corrected chi connectivity index (χ3v) is 6.41. The van der Waals surface area contributed by atoms with Crippen molar-refractivity contribution >= 4 is 22.6 Å². The van der Waals surface area contributed by atoms with Gasteiger partial charge in [-0.15, -0.1) is 0 Å². The first-order chi connectivity index (χ1) is 17.7. The lowest BCUT2D eigenvalue weighted by Gasteiger charge is -2.11. The summed E-state index contributed by atoms with van der Waals surface area (Å²) in [6.45, 7) is 8.54. The van der Waals surface area contributed by atoms with E-state index in [0.717, 1.165) is 84.3 Å². The van der Waals surface area contributed by atoms with E-state index in [1.807, 2.05) is 42.5 Å². The van der Waals surface area contributed by atoms with Crippen LogP contribution >= 0.6 is 11.6 Å². The van der Waals surface area contributed by atoms with E-state index in [0.29, 0.717) is 13.2 Å². The van der Waals surface area contributed by atoms with Crippen molar-refractivity contribution in [2.75, 3.05) is 26.3 Å². The largest absolute Gasteiger partial charge is 0.493 e. The van der Waals surface area contributed by atoms with Gasteiger partial charge in [0, 0.05) is 29.6 Å². The van der Waals surface area contributed by atoms with Crippen molar-refractivity contribution in [1.29, 1.82) is 0 Å². The molecule has 190 valence electrons. The van der Waals surface area contributed by atoms with E-state index in [1.165, 1.54) is 5.56 Å². The normalized spacial score (nSPS) is 11.2. The third kappa shape index (κ3) is 7.02. The summed E-state index contributed by atoms with van der Waals surface area (Å²) in [6, 6.07) is 22.4. The lowest BCUT2D eigenvalue weighted by Crippen LogP contribution is -2.16. The van der Waals surface area contributed by atoms with Gasteiger partial charge in [-0.05, 0) is 80.0 Å². The second-order valence-electron chi connectivity index (χ2n) is 8.90. The number of imidazole rings is 1. The van der Waals surface area contributed by atoms with Gasteiger partial charge >= 0.3 is 0 Å². The quantitative estimate of drug-likeness (QED) is 0.185. The number of aromatic nitrogens is 2. The standard InChI is InChI=1S/C30H36ClN3O2/c1-3-5-19-34-29-22-27(35-20-6-18-32-4-2)15-16-28(29)33-30(34)24-9-13-26(14-10-24)36-21-17-23-7-11-25(31)12-8-23/h7-16,22,32H,3-6,17-21H2,1-2H3.